The second kappa shape index (κ2) is 7.04. The van der Waals surface area contributed by atoms with Crippen molar-refractivity contribution in [1.29, 1.82) is 0 Å². The first-order valence-electron chi connectivity index (χ1n) is 6.73. The second-order valence-corrected chi connectivity index (χ2v) is 5.07. The predicted molar refractivity (Wildman–Crippen MR) is 83.6 cm³/mol. The minimum absolute atomic E-state index is 0.0409. The van der Waals surface area contributed by atoms with Crippen molar-refractivity contribution < 1.29 is 4.92 Å². The molecule has 6 heteroatoms. The van der Waals surface area contributed by atoms with Crippen molar-refractivity contribution in [2.75, 3.05) is 5.32 Å². The minimum atomic E-state index is -0.385. The van der Waals surface area contributed by atoms with Gasteiger partial charge in [-0.2, -0.15) is 0 Å². The molecule has 0 aliphatic rings. The summed E-state index contributed by atoms with van der Waals surface area (Å²) in [5.74, 6) is 0.660. The van der Waals surface area contributed by atoms with Crippen LogP contribution in [0.4, 0.5) is 11.5 Å². The summed E-state index contributed by atoms with van der Waals surface area (Å²) in [4.78, 5) is 14.7. The number of hydrogen-bond acceptors (Lipinski definition) is 4. The highest BCUT2D eigenvalue weighted by atomic mass is 35.5. The molecule has 1 heterocycles. The van der Waals surface area contributed by atoms with Crippen LogP contribution in [0.3, 0.4) is 0 Å². The number of hydrogen-bond donors (Lipinski definition) is 1. The van der Waals surface area contributed by atoms with Gasteiger partial charge in [-0.05, 0) is 24.1 Å². The summed E-state index contributed by atoms with van der Waals surface area (Å²) in [6.45, 7) is 2.07. The van der Waals surface area contributed by atoms with E-state index in [2.05, 4.69) is 17.2 Å². The lowest BCUT2D eigenvalue weighted by molar-refractivity contribution is -0.384. The van der Waals surface area contributed by atoms with Crippen molar-refractivity contribution in [1.82, 2.24) is 4.98 Å². The van der Waals surface area contributed by atoms with Crippen LogP contribution in [-0.2, 0) is 0 Å². The average Bonchev–Trinajstić information content (AvgIpc) is 2.47. The van der Waals surface area contributed by atoms with Crippen molar-refractivity contribution >= 4 is 23.1 Å². The van der Waals surface area contributed by atoms with Crippen LogP contribution in [0.5, 0.6) is 0 Å². The summed E-state index contributed by atoms with van der Waals surface area (Å²) in [5, 5.41) is 14.6. The molecule has 0 saturated carbocycles. The number of benzene rings is 1. The average molecular weight is 306 g/mol. The zero-order chi connectivity index (χ0) is 15.2. The minimum Gasteiger partial charge on any atom is -0.363 e. The van der Waals surface area contributed by atoms with E-state index in [4.69, 9.17) is 11.6 Å². The van der Waals surface area contributed by atoms with Gasteiger partial charge in [0.2, 0.25) is 0 Å². The van der Waals surface area contributed by atoms with Gasteiger partial charge in [-0.15, -0.1) is 0 Å². The largest absolute Gasteiger partial charge is 0.363 e. The third kappa shape index (κ3) is 4.16. The topological polar surface area (TPSA) is 68.1 Å². The maximum Gasteiger partial charge on any atom is 0.269 e. The van der Waals surface area contributed by atoms with Crippen molar-refractivity contribution in [3.63, 3.8) is 0 Å². The Kier molecular flexibility index (Phi) is 5.11. The molecule has 1 unspecified atom stereocenters. The number of nitrogens with one attached hydrogen (secondary N) is 1. The van der Waals surface area contributed by atoms with Crippen molar-refractivity contribution in [3.05, 3.63) is 63.3 Å². The van der Waals surface area contributed by atoms with E-state index < -0.39 is 0 Å². The lowest BCUT2D eigenvalue weighted by atomic mass is 10.0. The molecule has 0 bridgehead atoms. The SMILES string of the molecule is CCCC(Nc1cccc(Cl)n1)c1cccc([N+](=O)[O-])c1. The first kappa shape index (κ1) is 15.3. The van der Waals surface area contributed by atoms with Gasteiger partial charge < -0.3 is 5.32 Å². The molecule has 1 aromatic heterocycles. The molecule has 5 nitrogen and oxygen atoms in total. The Morgan fingerprint density at radius 1 is 1.33 bits per heavy atom. The third-order valence-corrected chi connectivity index (χ3v) is 3.31. The molecule has 0 amide bonds. The Balaban J connectivity index is 2.26. The fourth-order valence-electron chi connectivity index (χ4n) is 2.13. The number of nitro benzene ring substituents is 1. The van der Waals surface area contributed by atoms with E-state index in [1.807, 2.05) is 18.2 Å². The number of halogens is 1. The quantitative estimate of drug-likeness (QED) is 0.481. The molecule has 2 aromatic rings. The van der Waals surface area contributed by atoms with Crippen LogP contribution in [0, 0.1) is 10.1 Å². The maximum atomic E-state index is 10.9. The van der Waals surface area contributed by atoms with Crippen molar-refractivity contribution in [2.45, 2.75) is 25.8 Å². The lowest BCUT2D eigenvalue weighted by Crippen LogP contribution is -2.11. The molecule has 1 aromatic carbocycles. The van der Waals surface area contributed by atoms with Gasteiger partial charge >= 0.3 is 0 Å². The van der Waals surface area contributed by atoms with Crippen LogP contribution >= 0.6 is 11.6 Å². The summed E-state index contributed by atoms with van der Waals surface area (Å²) in [6.07, 6.45) is 1.79. The number of nitrogens with zero attached hydrogens (tertiary/aromatic N) is 2. The molecule has 0 aliphatic carbocycles. The van der Waals surface area contributed by atoms with Crippen LogP contribution in [-0.4, -0.2) is 9.91 Å². The first-order valence-corrected chi connectivity index (χ1v) is 7.11. The molecule has 2 rings (SSSR count). The van der Waals surface area contributed by atoms with E-state index in [1.165, 1.54) is 6.07 Å². The van der Waals surface area contributed by atoms with Gasteiger partial charge in [-0.3, -0.25) is 10.1 Å². The van der Waals surface area contributed by atoms with Gasteiger partial charge in [0.1, 0.15) is 11.0 Å². The number of rotatable bonds is 6. The molecular weight excluding hydrogens is 290 g/mol. The zero-order valence-corrected chi connectivity index (χ0v) is 12.4. The molecule has 110 valence electrons. The van der Waals surface area contributed by atoms with Crippen molar-refractivity contribution in [3.8, 4) is 0 Å². The zero-order valence-electron chi connectivity index (χ0n) is 11.6. The molecule has 1 atom stereocenters. The van der Waals surface area contributed by atoms with Crippen LogP contribution in [0.15, 0.2) is 42.5 Å². The summed E-state index contributed by atoms with van der Waals surface area (Å²) < 4.78 is 0. The molecule has 0 fully saturated rings. The number of nitro groups is 1. The van der Waals surface area contributed by atoms with Gasteiger partial charge in [0.05, 0.1) is 11.0 Å². The summed E-state index contributed by atoms with van der Waals surface area (Å²) >= 11 is 5.88. The maximum absolute atomic E-state index is 10.9. The van der Waals surface area contributed by atoms with Crippen molar-refractivity contribution in [2.24, 2.45) is 0 Å². The number of non-ortho nitro benzene ring substituents is 1. The number of pyridine rings is 1. The normalized spacial score (nSPS) is 11.9. The highest BCUT2D eigenvalue weighted by Gasteiger charge is 2.14. The van der Waals surface area contributed by atoms with E-state index in [9.17, 15) is 10.1 Å². The Bertz CT molecular complexity index is 634. The Hall–Kier alpha value is -2.14. The number of anilines is 1. The second-order valence-electron chi connectivity index (χ2n) is 4.68. The highest BCUT2D eigenvalue weighted by Crippen LogP contribution is 2.26. The van der Waals surface area contributed by atoms with Gasteiger partial charge in [0.25, 0.3) is 5.69 Å². The van der Waals surface area contributed by atoms with E-state index in [0.29, 0.717) is 11.0 Å². The molecule has 0 saturated heterocycles. The van der Waals surface area contributed by atoms with Crippen LogP contribution in [0.2, 0.25) is 5.15 Å². The van der Waals surface area contributed by atoms with Gasteiger partial charge in [-0.25, -0.2) is 4.98 Å². The van der Waals surface area contributed by atoms with E-state index in [-0.39, 0.29) is 16.7 Å². The molecule has 1 N–H and O–H groups in total. The van der Waals surface area contributed by atoms with Gasteiger partial charge in [0.15, 0.2) is 0 Å². The highest BCUT2D eigenvalue weighted by molar-refractivity contribution is 6.29. The van der Waals surface area contributed by atoms with Crippen LogP contribution in [0.1, 0.15) is 31.4 Å². The third-order valence-electron chi connectivity index (χ3n) is 3.10. The first-order chi connectivity index (χ1) is 10.1. The smallest absolute Gasteiger partial charge is 0.269 e. The number of aromatic nitrogens is 1. The monoisotopic (exact) mass is 305 g/mol. The fourth-order valence-corrected chi connectivity index (χ4v) is 2.30. The van der Waals surface area contributed by atoms with E-state index in [1.54, 1.807) is 18.2 Å². The Morgan fingerprint density at radius 3 is 2.76 bits per heavy atom. The summed E-state index contributed by atoms with van der Waals surface area (Å²) in [7, 11) is 0. The predicted octanol–water partition coefficient (Wildman–Crippen LogP) is 4.60. The molecular formula is C15H16ClN3O2. The molecule has 0 radical (unpaired) electrons. The fraction of sp³-hybridized carbons (Fsp3) is 0.267. The van der Waals surface area contributed by atoms with Gasteiger partial charge in [-0.1, -0.05) is 43.1 Å². The Labute approximate surface area is 128 Å². The Morgan fingerprint density at radius 2 is 2.10 bits per heavy atom. The van der Waals surface area contributed by atoms with Crippen LogP contribution in [0.25, 0.3) is 0 Å². The van der Waals surface area contributed by atoms with Crippen LogP contribution < -0.4 is 5.32 Å². The van der Waals surface area contributed by atoms with Gasteiger partial charge in [0, 0.05) is 12.1 Å². The van der Waals surface area contributed by atoms with E-state index >= 15 is 0 Å². The standard InChI is InChI=1S/C15H16ClN3O2/c1-2-5-13(17-15-9-4-8-14(16)18-15)11-6-3-7-12(10-11)19(20)21/h3-4,6-10,13H,2,5H2,1H3,(H,17,18). The summed E-state index contributed by atoms with van der Waals surface area (Å²) in [6, 6.07) is 12.0. The van der Waals surface area contributed by atoms with E-state index in [0.717, 1.165) is 18.4 Å². The summed E-state index contributed by atoms with van der Waals surface area (Å²) in [5.41, 5.74) is 0.960. The lowest BCUT2D eigenvalue weighted by Gasteiger charge is -2.19. The molecule has 0 spiro atoms. The molecule has 0 aliphatic heterocycles. The molecule has 21 heavy (non-hydrogen) atoms.